The molecule has 0 atom stereocenters. The smallest absolute Gasteiger partial charge is 0.330 e. The van der Waals surface area contributed by atoms with Gasteiger partial charge in [0.1, 0.15) is 5.82 Å². The van der Waals surface area contributed by atoms with E-state index in [1.165, 1.54) is 25.3 Å². The van der Waals surface area contributed by atoms with Crippen molar-refractivity contribution in [1.29, 1.82) is 0 Å². The molecule has 0 N–H and O–H groups in total. The molecule has 0 aliphatic rings. The van der Waals surface area contributed by atoms with Crippen LogP contribution >= 0.6 is 0 Å². The van der Waals surface area contributed by atoms with Crippen LogP contribution in [0.25, 0.3) is 17.7 Å². The molecule has 0 bridgehead atoms. The Hall–Kier alpha value is -3.01. The molecular weight excluding hydrogens is 295 g/mol. The Morgan fingerprint density at radius 1 is 1.00 bits per heavy atom. The van der Waals surface area contributed by atoms with Crippen LogP contribution in [0.3, 0.4) is 0 Å². The quantitative estimate of drug-likeness (QED) is 0.365. The first-order valence-electron chi connectivity index (χ1n) is 6.91. The maximum absolute atomic E-state index is 12.9. The number of allylic oxidation sites excluding steroid dienone is 1. The molecule has 0 saturated heterocycles. The molecular formula is C19H15FO3. The maximum atomic E-state index is 12.9. The molecule has 0 fully saturated rings. The number of methoxy groups -OCH3 is 1. The Bertz CT molecular complexity index is 741. The minimum absolute atomic E-state index is 0.347. The van der Waals surface area contributed by atoms with E-state index in [0.29, 0.717) is 11.1 Å². The van der Waals surface area contributed by atoms with E-state index in [0.717, 1.165) is 17.4 Å². The molecule has 0 radical (unpaired) electrons. The molecule has 4 heteroatoms. The zero-order valence-corrected chi connectivity index (χ0v) is 12.5. The minimum Gasteiger partial charge on any atom is -0.466 e. The first-order valence-corrected chi connectivity index (χ1v) is 6.91. The number of ether oxygens (including phenoxy) is 1. The van der Waals surface area contributed by atoms with E-state index in [2.05, 4.69) is 4.74 Å². The summed E-state index contributed by atoms with van der Waals surface area (Å²) in [5.74, 6) is -0.769. The fourth-order valence-electron chi connectivity index (χ4n) is 1.94. The summed E-state index contributed by atoms with van der Waals surface area (Å²) in [6.07, 6.45) is 5.42. The van der Waals surface area contributed by atoms with Gasteiger partial charge in [-0.05, 0) is 41.0 Å². The molecule has 116 valence electrons. The molecule has 0 aliphatic carbocycles. The summed E-state index contributed by atoms with van der Waals surface area (Å²) in [5, 5.41) is 0. The van der Waals surface area contributed by atoms with Crippen molar-refractivity contribution < 1.29 is 18.7 Å². The van der Waals surface area contributed by atoms with Gasteiger partial charge >= 0.3 is 5.97 Å². The van der Waals surface area contributed by atoms with Gasteiger partial charge in [-0.15, -0.1) is 0 Å². The molecule has 2 aromatic rings. The summed E-state index contributed by atoms with van der Waals surface area (Å²) >= 11 is 0. The van der Waals surface area contributed by atoms with Crippen LogP contribution in [-0.4, -0.2) is 19.4 Å². The van der Waals surface area contributed by atoms with Crippen molar-refractivity contribution in [3.63, 3.8) is 0 Å². The van der Waals surface area contributed by atoms with E-state index in [9.17, 15) is 14.0 Å². The van der Waals surface area contributed by atoms with Crippen LogP contribution in [0.4, 0.5) is 4.39 Å². The van der Waals surface area contributed by atoms with Gasteiger partial charge in [0.25, 0.3) is 0 Å². The summed E-state index contributed by atoms with van der Waals surface area (Å²) in [6, 6.07) is 13.0. The van der Waals surface area contributed by atoms with Crippen LogP contribution in [0.1, 0.15) is 16.7 Å². The molecule has 0 unspecified atom stereocenters. The highest BCUT2D eigenvalue weighted by molar-refractivity contribution is 6.13. The third-order valence-corrected chi connectivity index (χ3v) is 3.18. The third kappa shape index (κ3) is 4.74. The van der Waals surface area contributed by atoms with Gasteiger partial charge in [-0.25, -0.2) is 9.18 Å². The first kappa shape index (κ1) is 16.4. The largest absolute Gasteiger partial charge is 0.466 e. The molecule has 23 heavy (non-hydrogen) atoms. The Morgan fingerprint density at radius 2 is 1.61 bits per heavy atom. The predicted octanol–water partition coefficient (Wildman–Crippen LogP) is 3.75. The summed E-state index contributed by atoms with van der Waals surface area (Å²) in [7, 11) is 1.32. The standard InChI is InChI=1S/C19H15FO3/c1-23-19(22)11-6-14-2-4-15(5-3-14)12-17(13-21)16-7-9-18(20)10-8-16/h2-13H,1H3/b11-6+,17-12-. The van der Waals surface area contributed by atoms with Gasteiger partial charge in [0, 0.05) is 11.6 Å². The summed E-state index contributed by atoms with van der Waals surface area (Å²) < 4.78 is 17.5. The second-order valence-electron chi connectivity index (χ2n) is 4.75. The van der Waals surface area contributed by atoms with Crippen LogP contribution in [0.15, 0.2) is 54.6 Å². The fourth-order valence-corrected chi connectivity index (χ4v) is 1.94. The SMILES string of the molecule is COC(=O)/C=C/c1ccc(/C=C(/C=O)c2ccc(F)cc2)cc1. The molecule has 0 spiro atoms. The number of carbonyl (C=O) groups excluding carboxylic acids is 2. The van der Waals surface area contributed by atoms with Gasteiger partial charge < -0.3 is 4.74 Å². The Labute approximate surface area is 133 Å². The monoisotopic (exact) mass is 310 g/mol. The topological polar surface area (TPSA) is 43.4 Å². The van der Waals surface area contributed by atoms with Gasteiger partial charge in [-0.1, -0.05) is 36.4 Å². The van der Waals surface area contributed by atoms with Gasteiger partial charge in [-0.3, -0.25) is 4.79 Å². The zero-order chi connectivity index (χ0) is 16.7. The lowest BCUT2D eigenvalue weighted by Gasteiger charge is -2.02. The van der Waals surface area contributed by atoms with Crippen molar-refractivity contribution in [1.82, 2.24) is 0 Å². The first-order chi connectivity index (χ1) is 11.1. The summed E-state index contributed by atoms with van der Waals surface area (Å²) in [5.41, 5.74) is 2.77. The molecule has 0 amide bonds. The van der Waals surface area contributed by atoms with E-state index < -0.39 is 5.97 Å². The van der Waals surface area contributed by atoms with Crippen molar-refractivity contribution in [3.8, 4) is 0 Å². The van der Waals surface area contributed by atoms with Gasteiger partial charge in [0.2, 0.25) is 0 Å². The Balaban J connectivity index is 2.20. The van der Waals surface area contributed by atoms with Crippen molar-refractivity contribution in [3.05, 3.63) is 77.1 Å². The fraction of sp³-hybridized carbons (Fsp3) is 0.0526. The summed E-state index contributed by atoms with van der Waals surface area (Å²) in [4.78, 5) is 22.3. The molecule has 0 heterocycles. The average Bonchev–Trinajstić information content (AvgIpc) is 2.59. The van der Waals surface area contributed by atoms with Crippen LogP contribution in [0.2, 0.25) is 0 Å². The minimum atomic E-state index is -0.423. The predicted molar refractivity (Wildman–Crippen MR) is 87.8 cm³/mol. The highest BCUT2D eigenvalue weighted by Crippen LogP contribution is 2.17. The van der Waals surface area contributed by atoms with Crippen molar-refractivity contribution in [2.24, 2.45) is 0 Å². The number of esters is 1. The number of benzene rings is 2. The summed E-state index contributed by atoms with van der Waals surface area (Å²) in [6.45, 7) is 0. The molecule has 2 rings (SSSR count). The molecule has 3 nitrogen and oxygen atoms in total. The number of aldehydes is 1. The highest BCUT2D eigenvalue weighted by Gasteiger charge is 2.01. The number of rotatable bonds is 5. The lowest BCUT2D eigenvalue weighted by Crippen LogP contribution is -1.93. The normalized spacial score (nSPS) is 11.5. The van der Waals surface area contributed by atoms with Crippen LogP contribution in [-0.2, 0) is 14.3 Å². The van der Waals surface area contributed by atoms with Gasteiger partial charge in [0.05, 0.1) is 7.11 Å². The van der Waals surface area contributed by atoms with Crippen LogP contribution < -0.4 is 0 Å². The van der Waals surface area contributed by atoms with Crippen LogP contribution in [0, 0.1) is 5.82 Å². The number of carbonyl (C=O) groups is 2. The second-order valence-corrected chi connectivity index (χ2v) is 4.75. The number of hydrogen-bond acceptors (Lipinski definition) is 3. The Morgan fingerprint density at radius 3 is 2.17 bits per heavy atom. The second kappa shape index (κ2) is 7.84. The van der Waals surface area contributed by atoms with Crippen molar-refractivity contribution >= 4 is 30.0 Å². The lowest BCUT2D eigenvalue weighted by atomic mass is 10.0. The molecule has 0 aliphatic heterocycles. The lowest BCUT2D eigenvalue weighted by molar-refractivity contribution is -0.134. The Kier molecular flexibility index (Phi) is 5.58. The molecule has 2 aromatic carbocycles. The van der Waals surface area contributed by atoms with E-state index in [-0.39, 0.29) is 5.82 Å². The van der Waals surface area contributed by atoms with Gasteiger partial charge in [-0.2, -0.15) is 0 Å². The van der Waals surface area contributed by atoms with Crippen molar-refractivity contribution in [2.45, 2.75) is 0 Å². The van der Waals surface area contributed by atoms with Crippen molar-refractivity contribution in [2.75, 3.05) is 7.11 Å². The molecule has 0 saturated carbocycles. The van der Waals surface area contributed by atoms with Crippen LogP contribution in [0.5, 0.6) is 0 Å². The van der Waals surface area contributed by atoms with E-state index >= 15 is 0 Å². The maximum Gasteiger partial charge on any atom is 0.330 e. The average molecular weight is 310 g/mol. The number of halogens is 1. The van der Waals surface area contributed by atoms with E-state index in [1.54, 1.807) is 24.3 Å². The zero-order valence-electron chi connectivity index (χ0n) is 12.5. The highest BCUT2D eigenvalue weighted by atomic mass is 19.1. The third-order valence-electron chi connectivity index (χ3n) is 3.18. The molecule has 0 aromatic heterocycles. The van der Waals surface area contributed by atoms with E-state index in [4.69, 9.17) is 0 Å². The van der Waals surface area contributed by atoms with E-state index in [1.807, 2.05) is 24.3 Å². The van der Waals surface area contributed by atoms with Gasteiger partial charge in [0.15, 0.2) is 6.29 Å². The number of hydrogen-bond donors (Lipinski definition) is 0.